The van der Waals surface area contributed by atoms with E-state index in [9.17, 15) is 4.79 Å². The van der Waals surface area contributed by atoms with Crippen molar-refractivity contribution in [3.05, 3.63) is 48.5 Å². The van der Waals surface area contributed by atoms with Gasteiger partial charge in [-0.15, -0.1) is 0 Å². The number of nitrogens with zero attached hydrogens (tertiary/aromatic N) is 5. The van der Waals surface area contributed by atoms with Crippen LogP contribution in [0.15, 0.2) is 41.6 Å². The molecule has 0 unspecified atom stereocenters. The van der Waals surface area contributed by atoms with Gasteiger partial charge in [0.15, 0.2) is 5.82 Å². The predicted octanol–water partition coefficient (Wildman–Crippen LogP) is 2.47. The van der Waals surface area contributed by atoms with Gasteiger partial charge < -0.3 is 13.8 Å². The molecule has 0 saturated carbocycles. The summed E-state index contributed by atoms with van der Waals surface area (Å²) in [5.74, 6) is 0.578. The molecule has 0 spiro atoms. The Labute approximate surface area is 132 Å². The molecule has 0 bridgehead atoms. The zero-order valence-electron chi connectivity index (χ0n) is 12.6. The van der Waals surface area contributed by atoms with E-state index in [0.29, 0.717) is 17.9 Å². The number of aromatic nitrogens is 4. The number of carbonyl (C=O) groups excluding carboxylic acids is 1. The van der Waals surface area contributed by atoms with Gasteiger partial charge >= 0.3 is 0 Å². The van der Waals surface area contributed by atoms with E-state index >= 15 is 0 Å². The molecule has 1 aliphatic rings. The average Bonchev–Trinajstić information content (AvgIpc) is 3.21. The molecule has 1 saturated heterocycles. The minimum atomic E-state index is -0.125. The molecule has 1 amide bonds. The summed E-state index contributed by atoms with van der Waals surface area (Å²) in [5.41, 5.74) is 1.40. The smallest absolute Gasteiger partial charge is 0.254 e. The lowest BCUT2D eigenvalue weighted by Gasteiger charge is -2.27. The minimum absolute atomic E-state index is 0.00722. The maximum Gasteiger partial charge on any atom is 0.254 e. The summed E-state index contributed by atoms with van der Waals surface area (Å²) in [7, 11) is 0. The Kier molecular flexibility index (Phi) is 3.53. The fourth-order valence-corrected chi connectivity index (χ4v) is 3.15. The van der Waals surface area contributed by atoms with E-state index in [2.05, 4.69) is 15.1 Å². The van der Waals surface area contributed by atoms with E-state index in [0.717, 1.165) is 31.3 Å². The topological polar surface area (TPSA) is 76.5 Å². The number of fused-ring (bicyclic) bond motifs is 1. The molecule has 4 rings (SSSR count). The summed E-state index contributed by atoms with van der Waals surface area (Å²) in [6.45, 7) is 0.706. The Hall–Kier alpha value is -2.70. The third kappa shape index (κ3) is 2.58. The molecule has 118 valence electrons. The van der Waals surface area contributed by atoms with E-state index in [1.807, 2.05) is 33.8 Å². The highest BCUT2D eigenvalue weighted by Gasteiger charge is 2.30. The molecule has 0 aliphatic carbocycles. The number of likely N-dealkylation sites (tertiary alicyclic amines) is 1. The van der Waals surface area contributed by atoms with Gasteiger partial charge in [-0.25, -0.2) is 4.98 Å². The second-order valence-corrected chi connectivity index (χ2v) is 5.76. The Morgan fingerprint density at radius 1 is 1.22 bits per heavy atom. The van der Waals surface area contributed by atoms with Crippen molar-refractivity contribution in [2.45, 2.75) is 31.7 Å². The van der Waals surface area contributed by atoms with Gasteiger partial charge in [0.25, 0.3) is 5.91 Å². The standard InChI is InChI=1S/C16H17N5O2/c22-16(12-5-8-20-9-6-17-14(20)10-12)21-7-3-1-2-4-13(21)15-18-11-23-19-15/h5-6,8-11,13H,1-4,7H2/t13-/m0/s1. The molecular weight excluding hydrogens is 294 g/mol. The van der Waals surface area contributed by atoms with Gasteiger partial charge in [0, 0.05) is 30.7 Å². The van der Waals surface area contributed by atoms with Crippen LogP contribution in [0.3, 0.4) is 0 Å². The van der Waals surface area contributed by atoms with Crippen molar-refractivity contribution in [3.63, 3.8) is 0 Å². The molecular formula is C16H17N5O2. The number of hydrogen-bond donors (Lipinski definition) is 0. The van der Waals surface area contributed by atoms with Gasteiger partial charge in [0.05, 0.1) is 6.04 Å². The van der Waals surface area contributed by atoms with Crippen molar-refractivity contribution in [2.24, 2.45) is 0 Å². The summed E-state index contributed by atoms with van der Waals surface area (Å²) >= 11 is 0. The van der Waals surface area contributed by atoms with Gasteiger partial charge in [-0.1, -0.05) is 18.0 Å². The quantitative estimate of drug-likeness (QED) is 0.726. The summed E-state index contributed by atoms with van der Waals surface area (Å²) in [6, 6.07) is 3.52. The molecule has 1 fully saturated rings. The Morgan fingerprint density at radius 2 is 2.17 bits per heavy atom. The average molecular weight is 311 g/mol. The lowest BCUT2D eigenvalue weighted by atomic mass is 10.1. The highest BCUT2D eigenvalue weighted by molar-refractivity contribution is 5.95. The first-order chi connectivity index (χ1) is 11.3. The normalized spacial score (nSPS) is 19.0. The van der Waals surface area contributed by atoms with Crippen LogP contribution in [-0.4, -0.2) is 36.9 Å². The fourth-order valence-electron chi connectivity index (χ4n) is 3.15. The van der Waals surface area contributed by atoms with E-state index in [4.69, 9.17) is 4.52 Å². The molecule has 23 heavy (non-hydrogen) atoms. The number of rotatable bonds is 2. The number of amides is 1. The molecule has 0 N–H and O–H groups in total. The van der Waals surface area contributed by atoms with Gasteiger partial charge in [-0.05, 0) is 25.0 Å². The van der Waals surface area contributed by atoms with Gasteiger partial charge in [0.1, 0.15) is 5.65 Å². The molecule has 1 aliphatic heterocycles. The van der Waals surface area contributed by atoms with Crippen LogP contribution in [-0.2, 0) is 0 Å². The Morgan fingerprint density at radius 3 is 3.04 bits per heavy atom. The van der Waals surface area contributed by atoms with Crippen molar-refractivity contribution in [3.8, 4) is 0 Å². The second-order valence-electron chi connectivity index (χ2n) is 5.76. The number of pyridine rings is 1. The first-order valence-corrected chi connectivity index (χ1v) is 7.83. The second kappa shape index (κ2) is 5.83. The summed E-state index contributed by atoms with van der Waals surface area (Å²) < 4.78 is 6.76. The predicted molar refractivity (Wildman–Crippen MR) is 81.7 cm³/mol. The van der Waals surface area contributed by atoms with Crippen molar-refractivity contribution in [2.75, 3.05) is 6.54 Å². The van der Waals surface area contributed by atoms with Crippen molar-refractivity contribution in [1.82, 2.24) is 24.4 Å². The van der Waals surface area contributed by atoms with Crippen LogP contribution in [0.2, 0.25) is 0 Å². The van der Waals surface area contributed by atoms with Crippen LogP contribution < -0.4 is 0 Å². The molecule has 7 heteroatoms. The van der Waals surface area contributed by atoms with Gasteiger partial charge in [0.2, 0.25) is 6.39 Å². The highest BCUT2D eigenvalue weighted by Crippen LogP contribution is 2.29. The lowest BCUT2D eigenvalue weighted by molar-refractivity contribution is 0.0670. The summed E-state index contributed by atoms with van der Waals surface area (Å²) in [5, 5.41) is 3.95. The van der Waals surface area contributed by atoms with Crippen molar-refractivity contribution >= 4 is 11.6 Å². The van der Waals surface area contributed by atoms with Crippen molar-refractivity contribution < 1.29 is 9.32 Å². The third-order valence-corrected chi connectivity index (χ3v) is 4.33. The summed E-state index contributed by atoms with van der Waals surface area (Å²) in [4.78, 5) is 23.3. The fraction of sp³-hybridized carbons (Fsp3) is 0.375. The summed E-state index contributed by atoms with van der Waals surface area (Å²) in [6.07, 6.45) is 10.8. The molecule has 0 aromatic carbocycles. The molecule has 0 radical (unpaired) electrons. The maximum absolute atomic E-state index is 13.0. The number of carbonyl (C=O) groups is 1. The zero-order valence-corrected chi connectivity index (χ0v) is 12.6. The Balaban J connectivity index is 1.68. The first kappa shape index (κ1) is 13.9. The largest absolute Gasteiger partial charge is 0.343 e. The van der Waals surface area contributed by atoms with Crippen molar-refractivity contribution in [1.29, 1.82) is 0 Å². The molecule has 7 nitrogen and oxygen atoms in total. The molecule has 3 aromatic heterocycles. The maximum atomic E-state index is 13.0. The van der Waals surface area contributed by atoms with Crippen LogP contribution in [0, 0.1) is 0 Å². The molecule has 1 atom stereocenters. The Bertz CT molecular complexity index is 811. The molecule has 3 aromatic rings. The van der Waals surface area contributed by atoms with E-state index in [1.165, 1.54) is 6.39 Å². The van der Waals surface area contributed by atoms with E-state index in [-0.39, 0.29) is 11.9 Å². The lowest BCUT2D eigenvalue weighted by Crippen LogP contribution is -2.35. The van der Waals surface area contributed by atoms with Crippen LogP contribution in [0.4, 0.5) is 0 Å². The SMILES string of the molecule is O=C(c1ccn2ccnc2c1)N1CCCCC[C@H]1c1ncon1. The number of imidazole rings is 1. The van der Waals surface area contributed by atoms with Crippen LogP contribution in [0.1, 0.15) is 47.9 Å². The van der Waals surface area contributed by atoms with Gasteiger partial charge in [-0.2, -0.15) is 4.98 Å². The van der Waals surface area contributed by atoms with E-state index < -0.39 is 0 Å². The zero-order chi connectivity index (χ0) is 15.6. The monoisotopic (exact) mass is 311 g/mol. The van der Waals surface area contributed by atoms with Crippen LogP contribution in [0.25, 0.3) is 5.65 Å². The molecule has 4 heterocycles. The van der Waals surface area contributed by atoms with E-state index in [1.54, 1.807) is 6.20 Å². The first-order valence-electron chi connectivity index (χ1n) is 7.83. The van der Waals surface area contributed by atoms with Crippen LogP contribution >= 0.6 is 0 Å². The number of hydrogen-bond acceptors (Lipinski definition) is 5. The minimum Gasteiger partial charge on any atom is -0.343 e. The highest BCUT2D eigenvalue weighted by atomic mass is 16.5. The van der Waals surface area contributed by atoms with Gasteiger partial charge in [-0.3, -0.25) is 4.79 Å². The third-order valence-electron chi connectivity index (χ3n) is 4.33. The van der Waals surface area contributed by atoms with Crippen LogP contribution in [0.5, 0.6) is 0 Å².